The number of piperidine rings is 1. The van der Waals surface area contributed by atoms with Crippen molar-refractivity contribution in [1.29, 1.82) is 0 Å². The fraction of sp³-hybridized carbons (Fsp3) is 0.545. The Hall–Kier alpha value is -1.92. The Morgan fingerprint density at radius 2 is 2.07 bits per heavy atom. The highest BCUT2D eigenvalue weighted by atomic mass is 32.1. The summed E-state index contributed by atoms with van der Waals surface area (Å²) in [6, 6.07) is 8.32. The van der Waals surface area contributed by atoms with Gasteiger partial charge in [0, 0.05) is 56.9 Å². The first-order valence-corrected chi connectivity index (χ1v) is 11.3. The van der Waals surface area contributed by atoms with Crippen molar-refractivity contribution in [2.24, 2.45) is 5.92 Å². The molecule has 0 aromatic carbocycles. The minimum absolute atomic E-state index is 0.128. The van der Waals surface area contributed by atoms with Crippen molar-refractivity contribution in [1.82, 2.24) is 14.8 Å². The topological polar surface area (TPSA) is 39.7 Å². The zero-order valence-corrected chi connectivity index (χ0v) is 17.5. The van der Waals surface area contributed by atoms with E-state index in [-0.39, 0.29) is 5.91 Å². The van der Waals surface area contributed by atoms with Gasteiger partial charge in [-0.15, -0.1) is 11.3 Å². The highest BCUT2D eigenvalue weighted by Gasteiger charge is 2.23. The van der Waals surface area contributed by atoms with Gasteiger partial charge in [-0.3, -0.25) is 9.69 Å². The minimum Gasteiger partial charge on any atom is -0.355 e. The SMILES string of the molecule is CC1CCCN(C(=O)c2ccc(N3CCCN(Cc4cccs4)CC3)nc2)C1. The van der Waals surface area contributed by atoms with E-state index in [1.165, 1.54) is 11.3 Å². The summed E-state index contributed by atoms with van der Waals surface area (Å²) in [5.41, 5.74) is 0.715. The van der Waals surface area contributed by atoms with Gasteiger partial charge in [0.1, 0.15) is 5.82 Å². The number of carbonyl (C=O) groups excluding carboxylic acids is 1. The van der Waals surface area contributed by atoms with Crippen molar-refractivity contribution >= 4 is 23.1 Å². The second-order valence-electron chi connectivity index (χ2n) is 8.10. The molecule has 1 unspecified atom stereocenters. The predicted molar refractivity (Wildman–Crippen MR) is 115 cm³/mol. The van der Waals surface area contributed by atoms with E-state index >= 15 is 0 Å². The third-order valence-electron chi connectivity index (χ3n) is 5.81. The Labute approximate surface area is 172 Å². The lowest BCUT2D eigenvalue weighted by Gasteiger charge is -2.31. The number of hydrogen-bond acceptors (Lipinski definition) is 5. The summed E-state index contributed by atoms with van der Waals surface area (Å²) in [6.45, 7) is 9.18. The van der Waals surface area contributed by atoms with Gasteiger partial charge in [0.2, 0.25) is 0 Å². The molecule has 2 aliphatic rings. The van der Waals surface area contributed by atoms with E-state index in [0.717, 1.165) is 64.5 Å². The summed E-state index contributed by atoms with van der Waals surface area (Å²) >= 11 is 1.83. The molecular formula is C22H30N4OS. The summed E-state index contributed by atoms with van der Waals surface area (Å²) in [7, 11) is 0. The lowest BCUT2D eigenvalue weighted by atomic mass is 10.00. The Balaban J connectivity index is 1.35. The molecule has 0 radical (unpaired) electrons. The van der Waals surface area contributed by atoms with Gasteiger partial charge in [-0.1, -0.05) is 13.0 Å². The van der Waals surface area contributed by atoms with Crippen LogP contribution in [-0.2, 0) is 6.54 Å². The molecule has 2 saturated heterocycles. The summed E-state index contributed by atoms with van der Waals surface area (Å²) in [5.74, 6) is 1.71. The van der Waals surface area contributed by atoms with Crippen molar-refractivity contribution < 1.29 is 4.79 Å². The van der Waals surface area contributed by atoms with Crippen molar-refractivity contribution in [2.75, 3.05) is 44.2 Å². The molecule has 5 nitrogen and oxygen atoms in total. The summed E-state index contributed by atoms with van der Waals surface area (Å²) in [6.07, 6.45) is 5.23. The molecule has 28 heavy (non-hydrogen) atoms. The molecule has 0 spiro atoms. The number of aromatic nitrogens is 1. The average molecular weight is 399 g/mol. The maximum Gasteiger partial charge on any atom is 0.255 e. The van der Waals surface area contributed by atoms with Crippen molar-refractivity contribution in [3.63, 3.8) is 0 Å². The molecule has 2 fully saturated rings. The first kappa shape index (κ1) is 19.4. The van der Waals surface area contributed by atoms with Crippen LogP contribution in [0.2, 0.25) is 0 Å². The van der Waals surface area contributed by atoms with Crippen molar-refractivity contribution in [3.8, 4) is 0 Å². The molecule has 0 aliphatic carbocycles. The van der Waals surface area contributed by atoms with Gasteiger partial charge in [-0.05, 0) is 48.8 Å². The van der Waals surface area contributed by atoms with Crippen molar-refractivity contribution in [3.05, 3.63) is 46.3 Å². The zero-order chi connectivity index (χ0) is 19.3. The smallest absolute Gasteiger partial charge is 0.255 e. The van der Waals surface area contributed by atoms with Crippen LogP contribution in [0.3, 0.4) is 0 Å². The molecule has 4 heterocycles. The van der Waals surface area contributed by atoms with Crippen LogP contribution in [0.1, 0.15) is 41.4 Å². The third-order valence-corrected chi connectivity index (χ3v) is 6.67. The highest BCUT2D eigenvalue weighted by Crippen LogP contribution is 2.20. The van der Waals surface area contributed by atoms with Crippen LogP contribution in [-0.4, -0.2) is 60.0 Å². The Kier molecular flexibility index (Phi) is 6.27. The molecule has 1 amide bonds. The van der Waals surface area contributed by atoms with Gasteiger partial charge in [0.25, 0.3) is 5.91 Å². The molecule has 0 saturated carbocycles. The second-order valence-corrected chi connectivity index (χ2v) is 9.13. The van der Waals surface area contributed by atoms with Gasteiger partial charge in [-0.2, -0.15) is 0 Å². The van der Waals surface area contributed by atoms with Gasteiger partial charge in [-0.25, -0.2) is 4.98 Å². The third kappa shape index (κ3) is 4.73. The lowest BCUT2D eigenvalue weighted by Crippen LogP contribution is -2.39. The number of anilines is 1. The van der Waals surface area contributed by atoms with Crippen LogP contribution in [0.15, 0.2) is 35.8 Å². The molecule has 2 aromatic rings. The van der Waals surface area contributed by atoms with Gasteiger partial charge < -0.3 is 9.80 Å². The fourth-order valence-electron chi connectivity index (χ4n) is 4.24. The van der Waals surface area contributed by atoms with E-state index in [9.17, 15) is 4.79 Å². The summed E-state index contributed by atoms with van der Waals surface area (Å²) < 4.78 is 0. The lowest BCUT2D eigenvalue weighted by molar-refractivity contribution is 0.0682. The van der Waals surface area contributed by atoms with E-state index < -0.39 is 0 Å². The van der Waals surface area contributed by atoms with E-state index in [4.69, 9.17) is 0 Å². The summed E-state index contributed by atoms with van der Waals surface area (Å²) in [4.78, 5) is 25.7. The maximum absolute atomic E-state index is 12.7. The zero-order valence-electron chi connectivity index (χ0n) is 16.7. The largest absolute Gasteiger partial charge is 0.355 e. The van der Waals surface area contributed by atoms with Crippen LogP contribution in [0.25, 0.3) is 0 Å². The standard InChI is InChI=1S/C22H30N4OS/c1-18-5-2-10-26(16-18)22(27)19-7-8-21(23-15-19)25-11-4-9-24(12-13-25)17-20-6-3-14-28-20/h3,6-8,14-15,18H,2,4-5,9-13,16-17H2,1H3. The number of carbonyl (C=O) groups is 1. The molecule has 2 aromatic heterocycles. The number of nitrogens with zero attached hydrogens (tertiary/aromatic N) is 4. The number of pyridine rings is 1. The number of amides is 1. The van der Waals surface area contributed by atoms with E-state index in [1.807, 2.05) is 28.4 Å². The molecule has 150 valence electrons. The molecule has 0 N–H and O–H groups in total. The molecule has 6 heteroatoms. The minimum atomic E-state index is 0.128. The molecular weight excluding hydrogens is 368 g/mol. The van der Waals surface area contributed by atoms with Gasteiger partial charge in [0.15, 0.2) is 0 Å². The Morgan fingerprint density at radius 1 is 1.14 bits per heavy atom. The van der Waals surface area contributed by atoms with Crippen LogP contribution in [0.4, 0.5) is 5.82 Å². The first-order chi connectivity index (χ1) is 13.7. The van der Waals surface area contributed by atoms with E-state index in [0.29, 0.717) is 11.5 Å². The van der Waals surface area contributed by atoms with Crippen LogP contribution in [0.5, 0.6) is 0 Å². The molecule has 1 atom stereocenters. The van der Waals surface area contributed by atoms with Crippen LogP contribution >= 0.6 is 11.3 Å². The summed E-state index contributed by atoms with van der Waals surface area (Å²) in [5, 5.41) is 2.15. The molecule has 4 rings (SSSR count). The average Bonchev–Trinajstić information content (AvgIpc) is 3.12. The number of thiophene rings is 1. The van der Waals surface area contributed by atoms with Gasteiger partial charge in [0.05, 0.1) is 5.56 Å². The Morgan fingerprint density at radius 3 is 2.82 bits per heavy atom. The van der Waals surface area contributed by atoms with E-state index in [2.05, 4.69) is 39.2 Å². The first-order valence-electron chi connectivity index (χ1n) is 10.4. The number of rotatable bonds is 4. The Bertz CT molecular complexity index is 761. The van der Waals surface area contributed by atoms with Crippen LogP contribution in [0, 0.1) is 5.92 Å². The van der Waals surface area contributed by atoms with Crippen LogP contribution < -0.4 is 4.90 Å². The maximum atomic E-state index is 12.7. The normalized spacial score (nSPS) is 21.5. The van der Waals surface area contributed by atoms with E-state index in [1.54, 1.807) is 6.20 Å². The molecule has 2 aliphatic heterocycles. The predicted octanol–water partition coefficient (Wildman–Crippen LogP) is 3.73. The fourth-order valence-corrected chi connectivity index (χ4v) is 4.98. The highest BCUT2D eigenvalue weighted by molar-refractivity contribution is 7.09. The number of likely N-dealkylation sites (tertiary alicyclic amines) is 1. The number of hydrogen-bond donors (Lipinski definition) is 0. The second kappa shape index (κ2) is 9.05. The molecule has 0 bridgehead atoms. The van der Waals surface area contributed by atoms with Crippen molar-refractivity contribution in [2.45, 2.75) is 32.7 Å². The monoisotopic (exact) mass is 398 g/mol. The van der Waals surface area contributed by atoms with Gasteiger partial charge >= 0.3 is 0 Å². The quantitative estimate of drug-likeness (QED) is 0.787.